The fourth-order valence-electron chi connectivity index (χ4n) is 5.09. The van der Waals surface area contributed by atoms with E-state index in [0.29, 0.717) is 30.0 Å². The summed E-state index contributed by atoms with van der Waals surface area (Å²) >= 11 is 0. The molecule has 2 atom stereocenters. The zero-order valence-electron chi connectivity index (χ0n) is 18.0. The van der Waals surface area contributed by atoms with Gasteiger partial charge in [0, 0.05) is 55.2 Å². The standard InChI is InChI=1S/C25H28N2O4/c1-29-14-18-8-9-19(15-30-2)27(18)12-16-7-10-20-17(11-16)13-31-24(20)23-21-5-3-4-6-22(21)26-25(23)28/h3-7,10-11,18-19H,8-9,12-15H2,1-2H3,(H,26,28)/t18-,19-/m0/s1. The first-order chi connectivity index (χ1) is 15.2. The van der Waals surface area contributed by atoms with Crippen molar-refractivity contribution in [2.24, 2.45) is 0 Å². The van der Waals surface area contributed by atoms with Crippen LogP contribution in [0, 0.1) is 0 Å². The number of para-hydroxylation sites is 1. The quantitative estimate of drug-likeness (QED) is 0.723. The molecule has 3 aliphatic heterocycles. The largest absolute Gasteiger partial charge is 0.487 e. The number of amides is 1. The molecule has 3 heterocycles. The third-order valence-electron chi connectivity index (χ3n) is 6.54. The van der Waals surface area contributed by atoms with Gasteiger partial charge in [-0.05, 0) is 24.5 Å². The predicted octanol–water partition coefficient (Wildman–Crippen LogP) is 3.66. The minimum atomic E-state index is -0.102. The fraction of sp³-hybridized carbons (Fsp3) is 0.400. The molecule has 1 fully saturated rings. The van der Waals surface area contributed by atoms with E-state index in [0.717, 1.165) is 55.0 Å². The van der Waals surface area contributed by atoms with Crippen molar-refractivity contribution in [1.29, 1.82) is 0 Å². The molecular formula is C25H28N2O4. The number of hydrogen-bond donors (Lipinski definition) is 1. The third kappa shape index (κ3) is 3.65. The minimum Gasteiger partial charge on any atom is -0.487 e. The molecule has 0 aliphatic carbocycles. The van der Waals surface area contributed by atoms with Gasteiger partial charge in [-0.25, -0.2) is 0 Å². The van der Waals surface area contributed by atoms with Crippen LogP contribution in [0.15, 0.2) is 42.5 Å². The van der Waals surface area contributed by atoms with Crippen molar-refractivity contribution in [2.75, 3.05) is 32.8 Å². The van der Waals surface area contributed by atoms with E-state index in [2.05, 4.69) is 28.4 Å². The van der Waals surface area contributed by atoms with E-state index >= 15 is 0 Å². The summed E-state index contributed by atoms with van der Waals surface area (Å²) in [7, 11) is 3.53. The van der Waals surface area contributed by atoms with Crippen LogP contribution < -0.4 is 5.32 Å². The highest BCUT2D eigenvalue weighted by molar-refractivity contribution is 6.36. The van der Waals surface area contributed by atoms with Gasteiger partial charge in [0.15, 0.2) is 0 Å². The van der Waals surface area contributed by atoms with Crippen LogP contribution in [0.4, 0.5) is 5.69 Å². The Bertz CT molecular complexity index is 1020. The zero-order valence-corrected chi connectivity index (χ0v) is 18.0. The Morgan fingerprint density at radius 3 is 2.52 bits per heavy atom. The number of carbonyl (C=O) groups is 1. The molecule has 0 aromatic heterocycles. The topological polar surface area (TPSA) is 60.0 Å². The lowest BCUT2D eigenvalue weighted by molar-refractivity contribution is -0.110. The maximum atomic E-state index is 12.6. The predicted molar refractivity (Wildman–Crippen MR) is 119 cm³/mol. The van der Waals surface area contributed by atoms with E-state index in [9.17, 15) is 4.79 Å². The van der Waals surface area contributed by atoms with Gasteiger partial charge in [0.1, 0.15) is 12.4 Å². The Morgan fingerprint density at radius 1 is 1.03 bits per heavy atom. The fourth-order valence-corrected chi connectivity index (χ4v) is 5.09. The number of rotatable bonds is 6. The Kier molecular flexibility index (Phi) is 5.52. The van der Waals surface area contributed by atoms with Crippen molar-refractivity contribution in [3.63, 3.8) is 0 Å². The van der Waals surface area contributed by atoms with Crippen LogP contribution in [0.25, 0.3) is 11.3 Å². The summed E-state index contributed by atoms with van der Waals surface area (Å²) in [6.45, 7) is 2.81. The number of ether oxygens (including phenoxy) is 3. The molecule has 0 bridgehead atoms. The van der Waals surface area contributed by atoms with Crippen molar-refractivity contribution in [3.05, 3.63) is 64.7 Å². The summed E-state index contributed by atoms with van der Waals surface area (Å²) in [5, 5.41) is 2.94. The normalized spacial score (nSPS) is 24.8. The molecule has 0 unspecified atom stereocenters. The number of hydrogen-bond acceptors (Lipinski definition) is 5. The summed E-state index contributed by atoms with van der Waals surface area (Å²) in [6.07, 6.45) is 2.25. The van der Waals surface area contributed by atoms with Crippen molar-refractivity contribution in [2.45, 2.75) is 38.1 Å². The molecule has 0 spiro atoms. The van der Waals surface area contributed by atoms with Gasteiger partial charge in [0.2, 0.25) is 0 Å². The van der Waals surface area contributed by atoms with Gasteiger partial charge >= 0.3 is 0 Å². The van der Waals surface area contributed by atoms with Gasteiger partial charge in [-0.3, -0.25) is 9.69 Å². The van der Waals surface area contributed by atoms with Crippen LogP contribution in [0.1, 0.15) is 35.1 Å². The second-order valence-electron chi connectivity index (χ2n) is 8.45. The molecule has 162 valence electrons. The van der Waals surface area contributed by atoms with Crippen LogP contribution in [0.2, 0.25) is 0 Å². The molecule has 31 heavy (non-hydrogen) atoms. The number of fused-ring (bicyclic) bond motifs is 2. The highest BCUT2D eigenvalue weighted by atomic mass is 16.5. The average Bonchev–Trinajstić information content (AvgIpc) is 3.44. The van der Waals surface area contributed by atoms with E-state index in [1.807, 2.05) is 24.3 Å². The Morgan fingerprint density at radius 2 is 1.77 bits per heavy atom. The molecule has 0 radical (unpaired) electrons. The zero-order chi connectivity index (χ0) is 21.4. The maximum absolute atomic E-state index is 12.6. The van der Waals surface area contributed by atoms with E-state index in [-0.39, 0.29) is 5.91 Å². The number of benzene rings is 2. The smallest absolute Gasteiger partial charge is 0.260 e. The SMILES string of the molecule is COC[C@@H]1CC[C@@H](COC)N1Cc1ccc2c(c1)COC2=C1C(=O)Nc2ccccc21. The number of methoxy groups -OCH3 is 2. The van der Waals surface area contributed by atoms with Crippen LogP contribution in [0.3, 0.4) is 0 Å². The molecule has 6 nitrogen and oxygen atoms in total. The second kappa shape index (κ2) is 8.46. The summed E-state index contributed by atoms with van der Waals surface area (Å²) in [5.41, 5.74) is 5.75. The van der Waals surface area contributed by atoms with Gasteiger partial charge in [0.25, 0.3) is 5.91 Å². The average molecular weight is 421 g/mol. The lowest BCUT2D eigenvalue weighted by Gasteiger charge is -2.29. The van der Waals surface area contributed by atoms with Crippen LogP contribution in [-0.2, 0) is 32.2 Å². The summed E-state index contributed by atoms with van der Waals surface area (Å²) in [5.74, 6) is 0.578. The van der Waals surface area contributed by atoms with E-state index in [1.54, 1.807) is 14.2 Å². The first-order valence-electron chi connectivity index (χ1n) is 10.8. The number of nitrogens with zero attached hydrogens (tertiary/aromatic N) is 1. The second-order valence-corrected chi connectivity index (χ2v) is 8.45. The van der Waals surface area contributed by atoms with E-state index in [1.165, 1.54) is 5.56 Å². The number of nitrogens with one attached hydrogen (secondary N) is 1. The Hall–Kier alpha value is -2.67. The first kappa shape index (κ1) is 20.2. The number of carbonyl (C=O) groups excluding carboxylic acids is 1. The first-order valence-corrected chi connectivity index (χ1v) is 10.8. The van der Waals surface area contributed by atoms with Crippen molar-refractivity contribution in [1.82, 2.24) is 4.90 Å². The van der Waals surface area contributed by atoms with Crippen molar-refractivity contribution in [3.8, 4) is 0 Å². The highest BCUT2D eigenvalue weighted by Crippen LogP contribution is 2.41. The summed E-state index contributed by atoms with van der Waals surface area (Å²) in [6, 6.07) is 15.0. The van der Waals surface area contributed by atoms with Crippen LogP contribution in [0.5, 0.6) is 0 Å². The molecule has 5 rings (SSSR count). The van der Waals surface area contributed by atoms with Gasteiger partial charge in [-0.2, -0.15) is 0 Å². The summed E-state index contributed by atoms with van der Waals surface area (Å²) in [4.78, 5) is 15.1. The van der Waals surface area contributed by atoms with Crippen molar-refractivity contribution >= 4 is 22.9 Å². The molecule has 3 aliphatic rings. The van der Waals surface area contributed by atoms with Gasteiger partial charge in [-0.1, -0.05) is 36.4 Å². The third-order valence-corrected chi connectivity index (χ3v) is 6.54. The number of anilines is 1. The lowest BCUT2D eigenvalue weighted by atomic mass is 9.99. The molecule has 0 saturated carbocycles. The van der Waals surface area contributed by atoms with Gasteiger partial charge in [0.05, 0.1) is 18.8 Å². The van der Waals surface area contributed by atoms with E-state index < -0.39 is 0 Å². The van der Waals surface area contributed by atoms with Crippen LogP contribution >= 0.6 is 0 Å². The molecular weight excluding hydrogens is 392 g/mol. The molecule has 2 aromatic rings. The Balaban J connectivity index is 1.43. The van der Waals surface area contributed by atoms with Gasteiger partial charge in [-0.15, -0.1) is 0 Å². The molecule has 6 heteroatoms. The van der Waals surface area contributed by atoms with E-state index in [4.69, 9.17) is 14.2 Å². The minimum absolute atomic E-state index is 0.102. The highest BCUT2D eigenvalue weighted by Gasteiger charge is 2.35. The monoisotopic (exact) mass is 420 g/mol. The number of likely N-dealkylation sites (tertiary alicyclic amines) is 1. The van der Waals surface area contributed by atoms with Crippen LogP contribution in [-0.4, -0.2) is 50.3 Å². The maximum Gasteiger partial charge on any atom is 0.260 e. The molecule has 1 saturated heterocycles. The lowest BCUT2D eigenvalue weighted by Crippen LogP contribution is -2.40. The molecule has 1 N–H and O–H groups in total. The van der Waals surface area contributed by atoms with Crippen molar-refractivity contribution < 1.29 is 19.0 Å². The Labute approximate surface area is 182 Å². The summed E-state index contributed by atoms with van der Waals surface area (Å²) < 4.78 is 17.0. The molecule has 1 amide bonds. The molecule has 2 aromatic carbocycles. The van der Waals surface area contributed by atoms with Gasteiger partial charge < -0.3 is 19.5 Å².